The Kier molecular flexibility index (Phi) is 7.24. The zero-order valence-electron chi connectivity index (χ0n) is 16.8. The molecule has 0 aliphatic carbocycles. The first kappa shape index (κ1) is 21.3. The second-order valence-electron chi connectivity index (χ2n) is 7.22. The number of amides is 1. The van der Waals surface area contributed by atoms with Crippen LogP contribution in [0.3, 0.4) is 0 Å². The molecule has 1 fully saturated rings. The van der Waals surface area contributed by atoms with Crippen molar-refractivity contribution < 1.29 is 9.72 Å². The van der Waals surface area contributed by atoms with Crippen LogP contribution in [0.4, 0.5) is 5.69 Å². The van der Waals surface area contributed by atoms with Crippen molar-refractivity contribution in [2.45, 2.75) is 18.0 Å². The zero-order chi connectivity index (χ0) is 20.8. The molecule has 3 rings (SSSR count). The van der Waals surface area contributed by atoms with Gasteiger partial charge < -0.3 is 10.2 Å². The van der Waals surface area contributed by atoms with E-state index in [0.717, 1.165) is 43.2 Å². The second kappa shape index (κ2) is 9.87. The van der Waals surface area contributed by atoms with Gasteiger partial charge in [0, 0.05) is 50.2 Å². The van der Waals surface area contributed by atoms with Crippen molar-refractivity contribution in [3.05, 3.63) is 69.3 Å². The van der Waals surface area contributed by atoms with Crippen LogP contribution in [0.25, 0.3) is 0 Å². The molecule has 1 saturated heterocycles. The van der Waals surface area contributed by atoms with Gasteiger partial charge in [-0.2, -0.15) is 0 Å². The highest BCUT2D eigenvalue weighted by Crippen LogP contribution is 2.24. The molecular weight excluding hydrogens is 388 g/mol. The molecule has 1 aliphatic rings. The van der Waals surface area contributed by atoms with Gasteiger partial charge in [-0.15, -0.1) is 11.8 Å². The van der Waals surface area contributed by atoms with Gasteiger partial charge in [-0.05, 0) is 36.6 Å². The fraction of sp³-hybridized carbons (Fsp3) is 0.381. The SMILES string of the molecule is CSc1ccc([N+](=O)[O-])c(C(=O)NCc2cccc(CN3CCN(C)CC3)c2)c1. The molecule has 0 unspecified atom stereocenters. The fourth-order valence-electron chi connectivity index (χ4n) is 3.36. The Balaban J connectivity index is 1.64. The Morgan fingerprint density at radius 3 is 2.55 bits per heavy atom. The number of carbonyl (C=O) groups excluding carboxylic acids is 1. The lowest BCUT2D eigenvalue weighted by molar-refractivity contribution is -0.385. The van der Waals surface area contributed by atoms with E-state index >= 15 is 0 Å². The van der Waals surface area contributed by atoms with Gasteiger partial charge in [0.2, 0.25) is 0 Å². The molecule has 1 N–H and O–H groups in total. The van der Waals surface area contributed by atoms with Crippen molar-refractivity contribution in [3.63, 3.8) is 0 Å². The summed E-state index contributed by atoms with van der Waals surface area (Å²) in [6.45, 7) is 5.46. The second-order valence-corrected chi connectivity index (χ2v) is 8.10. The standard InChI is InChI=1S/C21H26N4O3S/c1-23-8-10-24(11-9-23)15-17-5-3-4-16(12-17)14-22-21(26)19-13-18(29-2)6-7-20(19)25(27)28/h3-7,12-13H,8-11,14-15H2,1-2H3,(H,22,26). The van der Waals surface area contributed by atoms with Crippen LogP contribution in [0.2, 0.25) is 0 Å². The molecule has 29 heavy (non-hydrogen) atoms. The predicted octanol–water partition coefficient (Wildman–Crippen LogP) is 2.99. The lowest BCUT2D eigenvalue weighted by Gasteiger charge is -2.32. The number of carbonyl (C=O) groups is 1. The number of likely N-dealkylation sites (N-methyl/N-ethyl adjacent to an activating group) is 1. The quantitative estimate of drug-likeness (QED) is 0.426. The van der Waals surface area contributed by atoms with Gasteiger partial charge in [-0.1, -0.05) is 24.3 Å². The van der Waals surface area contributed by atoms with Gasteiger partial charge in [0.05, 0.1) is 4.92 Å². The summed E-state index contributed by atoms with van der Waals surface area (Å²) in [5, 5.41) is 14.1. The Bertz CT molecular complexity index is 882. The van der Waals surface area contributed by atoms with Crippen molar-refractivity contribution in [1.82, 2.24) is 15.1 Å². The van der Waals surface area contributed by atoms with Crippen LogP contribution in [-0.2, 0) is 13.1 Å². The van der Waals surface area contributed by atoms with Crippen LogP contribution < -0.4 is 5.32 Å². The van der Waals surface area contributed by atoms with Crippen molar-refractivity contribution in [3.8, 4) is 0 Å². The molecule has 0 aromatic heterocycles. The third-order valence-electron chi connectivity index (χ3n) is 5.09. The summed E-state index contributed by atoms with van der Waals surface area (Å²) in [6.07, 6.45) is 1.87. The van der Waals surface area contributed by atoms with E-state index in [9.17, 15) is 14.9 Å². The molecule has 154 valence electrons. The molecule has 0 bridgehead atoms. The molecule has 0 radical (unpaired) electrons. The molecule has 2 aromatic rings. The highest BCUT2D eigenvalue weighted by Gasteiger charge is 2.20. The Morgan fingerprint density at radius 2 is 1.86 bits per heavy atom. The van der Waals surface area contributed by atoms with Gasteiger partial charge in [0.15, 0.2) is 0 Å². The Hall–Kier alpha value is -2.42. The third-order valence-corrected chi connectivity index (χ3v) is 5.82. The van der Waals surface area contributed by atoms with Crippen molar-refractivity contribution in [2.24, 2.45) is 0 Å². The van der Waals surface area contributed by atoms with E-state index in [1.807, 2.05) is 18.4 Å². The maximum absolute atomic E-state index is 12.6. The van der Waals surface area contributed by atoms with E-state index in [4.69, 9.17) is 0 Å². The van der Waals surface area contributed by atoms with Crippen LogP contribution in [-0.4, -0.2) is 60.1 Å². The summed E-state index contributed by atoms with van der Waals surface area (Å²) in [5.74, 6) is -0.433. The average Bonchev–Trinajstić information content (AvgIpc) is 2.73. The molecule has 2 aromatic carbocycles. The van der Waals surface area contributed by atoms with E-state index in [1.54, 1.807) is 12.1 Å². The van der Waals surface area contributed by atoms with E-state index in [2.05, 4.69) is 34.3 Å². The largest absolute Gasteiger partial charge is 0.348 e. The van der Waals surface area contributed by atoms with Crippen LogP contribution in [0.15, 0.2) is 47.4 Å². The van der Waals surface area contributed by atoms with Gasteiger partial charge >= 0.3 is 0 Å². The minimum absolute atomic E-state index is 0.0930. The van der Waals surface area contributed by atoms with Crippen molar-refractivity contribution in [1.29, 1.82) is 0 Å². The van der Waals surface area contributed by atoms with Crippen molar-refractivity contribution in [2.75, 3.05) is 39.5 Å². The highest BCUT2D eigenvalue weighted by molar-refractivity contribution is 7.98. The zero-order valence-corrected chi connectivity index (χ0v) is 17.6. The number of hydrogen-bond acceptors (Lipinski definition) is 6. The number of nitro groups is 1. The first-order valence-electron chi connectivity index (χ1n) is 9.55. The molecule has 0 spiro atoms. The number of hydrogen-bond donors (Lipinski definition) is 1. The first-order valence-corrected chi connectivity index (χ1v) is 10.8. The number of rotatable bonds is 7. The maximum Gasteiger partial charge on any atom is 0.282 e. The van der Waals surface area contributed by atoms with E-state index in [-0.39, 0.29) is 11.3 Å². The third kappa shape index (κ3) is 5.79. The number of nitrogens with one attached hydrogen (secondary N) is 1. The summed E-state index contributed by atoms with van der Waals surface area (Å²) in [4.78, 5) is 28.9. The molecule has 1 aliphatic heterocycles. The number of benzene rings is 2. The molecule has 0 saturated carbocycles. The smallest absolute Gasteiger partial charge is 0.282 e. The molecule has 0 atom stereocenters. The number of nitrogens with zero attached hydrogens (tertiary/aromatic N) is 3. The Morgan fingerprint density at radius 1 is 1.14 bits per heavy atom. The van der Waals surface area contributed by atoms with Gasteiger partial charge in [-0.25, -0.2) is 0 Å². The number of piperazine rings is 1. The minimum Gasteiger partial charge on any atom is -0.348 e. The monoisotopic (exact) mass is 414 g/mol. The van der Waals surface area contributed by atoms with Crippen LogP contribution in [0.5, 0.6) is 0 Å². The normalized spacial score (nSPS) is 15.2. The van der Waals surface area contributed by atoms with Crippen LogP contribution in [0.1, 0.15) is 21.5 Å². The minimum atomic E-state index is -0.518. The van der Waals surface area contributed by atoms with Gasteiger partial charge in [-0.3, -0.25) is 19.8 Å². The lowest BCUT2D eigenvalue weighted by Crippen LogP contribution is -2.43. The molecule has 8 heteroatoms. The number of nitro benzene ring substituents is 1. The summed E-state index contributed by atoms with van der Waals surface area (Å²) in [6, 6.07) is 12.7. The first-order chi connectivity index (χ1) is 14.0. The summed E-state index contributed by atoms with van der Waals surface area (Å²) < 4.78 is 0. The average molecular weight is 415 g/mol. The Labute approximate surface area is 175 Å². The van der Waals surface area contributed by atoms with E-state index in [0.29, 0.717) is 6.54 Å². The molecule has 1 amide bonds. The maximum atomic E-state index is 12.6. The van der Waals surface area contributed by atoms with E-state index < -0.39 is 10.8 Å². The summed E-state index contributed by atoms with van der Waals surface area (Å²) in [5.41, 5.74) is 2.10. The number of thioether (sulfide) groups is 1. The predicted molar refractivity (Wildman–Crippen MR) is 115 cm³/mol. The molecule has 7 nitrogen and oxygen atoms in total. The van der Waals surface area contributed by atoms with Crippen molar-refractivity contribution >= 4 is 23.4 Å². The topological polar surface area (TPSA) is 78.7 Å². The summed E-state index contributed by atoms with van der Waals surface area (Å²) in [7, 11) is 2.14. The van der Waals surface area contributed by atoms with E-state index in [1.165, 1.54) is 23.4 Å². The fourth-order valence-corrected chi connectivity index (χ4v) is 3.80. The molecule has 1 heterocycles. The van der Waals surface area contributed by atoms with Gasteiger partial charge in [0.25, 0.3) is 11.6 Å². The van der Waals surface area contributed by atoms with Crippen LogP contribution in [0, 0.1) is 10.1 Å². The van der Waals surface area contributed by atoms with Crippen LogP contribution >= 0.6 is 11.8 Å². The summed E-state index contributed by atoms with van der Waals surface area (Å²) >= 11 is 1.44. The van der Waals surface area contributed by atoms with Gasteiger partial charge in [0.1, 0.15) is 5.56 Å². The molecular formula is C21H26N4O3S. The highest BCUT2D eigenvalue weighted by atomic mass is 32.2. The lowest BCUT2D eigenvalue weighted by atomic mass is 10.1.